The number of aromatic amines is 1. The molecule has 0 aromatic carbocycles. The molecule has 6 nitrogen and oxygen atoms in total. The zero-order valence-corrected chi connectivity index (χ0v) is 12.7. The molecule has 0 aliphatic carbocycles. The third-order valence-corrected chi connectivity index (χ3v) is 4.85. The largest absolute Gasteiger partial charge is 0.330 e. The zero-order chi connectivity index (χ0) is 14.5. The van der Waals surface area contributed by atoms with Crippen LogP contribution in [0.5, 0.6) is 0 Å². The summed E-state index contributed by atoms with van der Waals surface area (Å²) in [5.41, 5.74) is 6.61. The maximum atomic E-state index is 12.2. The second-order valence-corrected chi connectivity index (χ2v) is 6.55. The SMILES string of the molecule is CCCC(CCN)CNS(=O)(=O)c1c(C)n[nH]c1C. The summed E-state index contributed by atoms with van der Waals surface area (Å²) < 4.78 is 27.2. The summed E-state index contributed by atoms with van der Waals surface area (Å²) in [5.74, 6) is 0.289. The van der Waals surface area contributed by atoms with Crippen molar-refractivity contribution in [2.75, 3.05) is 13.1 Å². The van der Waals surface area contributed by atoms with Gasteiger partial charge in [-0.3, -0.25) is 5.10 Å². The van der Waals surface area contributed by atoms with Crippen LogP contribution in [-0.4, -0.2) is 31.7 Å². The lowest BCUT2D eigenvalue weighted by molar-refractivity contribution is 0.443. The quantitative estimate of drug-likeness (QED) is 0.666. The van der Waals surface area contributed by atoms with Gasteiger partial charge in [-0.15, -0.1) is 0 Å². The van der Waals surface area contributed by atoms with Crippen molar-refractivity contribution in [3.8, 4) is 0 Å². The van der Waals surface area contributed by atoms with Gasteiger partial charge in [-0.2, -0.15) is 5.10 Å². The summed E-state index contributed by atoms with van der Waals surface area (Å²) in [6.07, 6.45) is 2.83. The summed E-state index contributed by atoms with van der Waals surface area (Å²) in [6.45, 7) is 6.48. The fraction of sp³-hybridized carbons (Fsp3) is 0.750. The van der Waals surface area contributed by atoms with Gasteiger partial charge < -0.3 is 5.73 Å². The van der Waals surface area contributed by atoms with Gasteiger partial charge in [0.2, 0.25) is 10.0 Å². The van der Waals surface area contributed by atoms with E-state index < -0.39 is 10.0 Å². The number of hydrogen-bond acceptors (Lipinski definition) is 4. The number of nitrogens with two attached hydrogens (primary N) is 1. The van der Waals surface area contributed by atoms with Crippen LogP contribution in [0.15, 0.2) is 4.90 Å². The Kier molecular flexibility index (Phi) is 5.96. The predicted molar refractivity (Wildman–Crippen MR) is 75.3 cm³/mol. The summed E-state index contributed by atoms with van der Waals surface area (Å²) >= 11 is 0. The number of H-pyrrole nitrogens is 1. The van der Waals surface area contributed by atoms with Gasteiger partial charge in [0.05, 0.1) is 11.4 Å². The maximum absolute atomic E-state index is 12.2. The highest BCUT2D eigenvalue weighted by atomic mass is 32.2. The number of rotatable bonds is 8. The van der Waals surface area contributed by atoms with Crippen molar-refractivity contribution in [3.05, 3.63) is 11.4 Å². The number of nitrogens with one attached hydrogen (secondary N) is 2. The third kappa shape index (κ3) is 4.29. The lowest BCUT2D eigenvalue weighted by atomic mass is 10.0. The first-order chi connectivity index (χ1) is 8.92. The van der Waals surface area contributed by atoms with Gasteiger partial charge in [0.25, 0.3) is 0 Å². The van der Waals surface area contributed by atoms with E-state index in [0.717, 1.165) is 19.3 Å². The molecule has 0 amide bonds. The summed E-state index contributed by atoms with van der Waals surface area (Å²) in [4.78, 5) is 0.260. The van der Waals surface area contributed by atoms with Crippen molar-refractivity contribution >= 4 is 10.0 Å². The van der Waals surface area contributed by atoms with Gasteiger partial charge in [-0.25, -0.2) is 13.1 Å². The molecule has 0 radical (unpaired) electrons. The van der Waals surface area contributed by atoms with Crippen LogP contribution >= 0.6 is 0 Å². The van der Waals surface area contributed by atoms with Crippen molar-refractivity contribution in [2.24, 2.45) is 11.7 Å². The van der Waals surface area contributed by atoms with Gasteiger partial charge in [-0.1, -0.05) is 13.3 Å². The molecule has 19 heavy (non-hydrogen) atoms. The standard InChI is InChI=1S/C12H24N4O2S/c1-4-5-11(6-7-13)8-14-19(17,18)12-9(2)15-16-10(12)3/h11,14H,4-8,13H2,1-3H3,(H,15,16). The van der Waals surface area contributed by atoms with E-state index in [9.17, 15) is 8.42 Å². The Morgan fingerprint density at radius 3 is 2.53 bits per heavy atom. The maximum Gasteiger partial charge on any atom is 0.244 e. The third-order valence-electron chi connectivity index (χ3n) is 3.16. The molecule has 1 unspecified atom stereocenters. The average molecular weight is 288 g/mol. The van der Waals surface area contributed by atoms with Crippen LogP contribution in [0.4, 0.5) is 0 Å². The second kappa shape index (κ2) is 7.02. The van der Waals surface area contributed by atoms with Gasteiger partial charge in [0.1, 0.15) is 4.90 Å². The molecule has 1 heterocycles. The first kappa shape index (κ1) is 16.1. The minimum atomic E-state index is -3.49. The molecule has 0 saturated carbocycles. The normalized spacial score (nSPS) is 13.7. The molecule has 0 aliphatic rings. The molecule has 1 atom stereocenters. The summed E-state index contributed by atoms with van der Waals surface area (Å²) in [6, 6.07) is 0. The Hall–Kier alpha value is -0.920. The summed E-state index contributed by atoms with van der Waals surface area (Å²) in [7, 11) is -3.49. The van der Waals surface area contributed by atoms with Gasteiger partial charge in [0.15, 0.2) is 0 Å². The van der Waals surface area contributed by atoms with E-state index in [2.05, 4.69) is 21.8 Å². The molecule has 0 fully saturated rings. The Balaban J connectivity index is 2.75. The van der Waals surface area contributed by atoms with Crippen molar-refractivity contribution < 1.29 is 8.42 Å². The van der Waals surface area contributed by atoms with E-state index in [1.54, 1.807) is 13.8 Å². The van der Waals surface area contributed by atoms with Crippen LogP contribution in [0.1, 0.15) is 37.6 Å². The molecule has 1 aromatic rings. The van der Waals surface area contributed by atoms with Gasteiger partial charge in [0, 0.05) is 6.54 Å². The molecule has 0 bridgehead atoms. The van der Waals surface area contributed by atoms with Crippen molar-refractivity contribution in [1.82, 2.24) is 14.9 Å². The van der Waals surface area contributed by atoms with Crippen LogP contribution in [0, 0.1) is 19.8 Å². The Labute approximate surface area is 115 Å². The molecule has 0 saturated heterocycles. The Morgan fingerprint density at radius 1 is 1.37 bits per heavy atom. The monoisotopic (exact) mass is 288 g/mol. The van der Waals surface area contributed by atoms with E-state index in [1.807, 2.05) is 0 Å². The second-order valence-electron chi connectivity index (χ2n) is 4.85. The van der Waals surface area contributed by atoms with Crippen molar-refractivity contribution in [1.29, 1.82) is 0 Å². The Morgan fingerprint density at radius 2 is 2.05 bits per heavy atom. The fourth-order valence-electron chi connectivity index (χ4n) is 2.23. The van der Waals surface area contributed by atoms with Gasteiger partial charge in [-0.05, 0) is 39.2 Å². The molecule has 110 valence electrons. The van der Waals surface area contributed by atoms with Crippen LogP contribution in [0.2, 0.25) is 0 Å². The molecule has 4 N–H and O–H groups in total. The van der Waals surface area contributed by atoms with E-state index in [4.69, 9.17) is 5.73 Å². The van der Waals surface area contributed by atoms with E-state index in [0.29, 0.717) is 24.5 Å². The molecular weight excluding hydrogens is 264 g/mol. The highest BCUT2D eigenvalue weighted by Gasteiger charge is 2.22. The lowest BCUT2D eigenvalue weighted by Crippen LogP contribution is -2.31. The molecule has 0 spiro atoms. The van der Waals surface area contributed by atoms with E-state index in [1.165, 1.54) is 0 Å². The molecule has 7 heteroatoms. The molecular formula is C12H24N4O2S. The minimum absolute atomic E-state index is 0.260. The number of aromatic nitrogens is 2. The average Bonchev–Trinajstić information content (AvgIpc) is 2.67. The smallest absolute Gasteiger partial charge is 0.244 e. The van der Waals surface area contributed by atoms with Crippen molar-refractivity contribution in [3.63, 3.8) is 0 Å². The number of sulfonamides is 1. The first-order valence-electron chi connectivity index (χ1n) is 6.63. The molecule has 0 aliphatic heterocycles. The first-order valence-corrected chi connectivity index (χ1v) is 8.12. The highest BCUT2D eigenvalue weighted by molar-refractivity contribution is 7.89. The van der Waals surface area contributed by atoms with Crippen molar-refractivity contribution in [2.45, 2.75) is 44.9 Å². The van der Waals surface area contributed by atoms with E-state index in [-0.39, 0.29) is 10.8 Å². The van der Waals surface area contributed by atoms with Crippen LogP contribution in [-0.2, 0) is 10.0 Å². The fourth-order valence-corrected chi connectivity index (χ4v) is 3.71. The van der Waals surface area contributed by atoms with Crippen LogP contribution in [0.25, 0.3) is 0 Å². The zero-order valence-electron chi connectivity index (χ0n) is 11.9. The predicted octanol–water partition coefficient (Wildman–Crippen LogP) is 1.07. The number of hydrogen-bond donors (Lipinski definition) is 3. The number of aryl methyl sites for hydroxylation is 2. The number of nitrogens with zero attached hydrogens (tertiary/aromatic N) is 1. The Bertz CT molecular complexity index is 470. The minimum Gasteiger partial charge on any atom is -0.330 e. The topological polar surface area (TPSA) is 101 Å². The van der Waals surface area contributed by atoms with Crippen LogP contribution in [0.3, 0.4) is 0 Å². The van der Waals surface area contributed by atoms with Gasteiger partial charge >= 0.3 is 0 Å². The van der Waals surface area contributed by atoms with E-state index >= 15 is 0 Å². The highest BCUT2D eigenvalue weighted by Crippen LogP contribution is 2.17. The lowest BCUT2D eigenvalue weighted by Gasteiger charge is -2.16. The van der Waals surface area contributed by atoms with Crippen LogP contribution < -0.4 is 10.5 Å². The molecule has 1 aromatic heterocycles. The summed E-state index contributed by atoms with van der Waals surface area (Å²) in [5, 5.41) is 6.61. The molecule has 1 rings (SSSR count).